The first kappa shape index (κ1) is 26.8. The number of carboxylic acid groups (broad SMARTS) is 1. The lowest BCUT2D eigenvalue weighted by atomic mass is 9.99. The topological polar surface area (TPSA) is 71.9 Å². The van der Waals surface area contributed by atoms with Crippen LogP contribution in [0.1, 0.15) is 73.7 Å². The molecule has 0 atom stereocenters. The number of rotatable bonds is 7. The molecule has 6 nitrogen and oxygen atoms in total. The van der Waals surface area contributed by atoms with Crippen LogP contribution < -0.4 is 10.7 Å². The number of aliphatic imine (C=N–C) groups is 2. The summed E-state index contributed by atoms with van der Waals surface area (Å²) in [6.45, 7) is 19.6. The summed E-state index contributed by atoms with van der Waals surface area (Å²) in [5.74, 6) is -0.804. The minimum absolute atomic E-state index is 0.0583. The summed E-state index contributed by atoms with van der Waals surface area (Å²) in [6, 6.07) is 0. The first-order valence-corrected chi connectivity index (χ1v) is 14.3. The summed E-state index contributed by atoms with van der Waals surface area (Å²) in [5, 5.41) is 11.7. The molecule has 6 heteroatoms. The second-order valence-electron chi connectivity index (χ2n) is 11.2. The van der Waals surface area contributed by atoms with Gasteiger partial charge in [0.2, 0.25) is 0 Å². The number of nitrogens with zero attached hydrogens (tertiary/aromatic N) is 4. The first-order valence-electron chi connectivity index (χ1n) is 14.3. The number of fused-ring (bicyclic) bond motifs is 2. The van der Waals surface area contributed by atoms with Gasteiger partial charge in [0.05, 0.1) is 28.5 Å². The van der Waals surface area contributed by atoms with Crippen LogP contribution in [0.4, 0.5) is 0 Å². The summed E-state index contributed by atoms with van der Waals surface area (Å²) in [4.78, 5) is 22.0. The Morgan fingerprint density at radius 3 is 2.24 bits per heavy atom. The number of carbonyl (C=O) groups is 1. The summed E-state index contributed by atoms with van der Waals surface area (Å²) in [6.07, 6.45) is 15.0. The van der Waals surface area contributed by atoms with Gasteiger partial charge >= 0.3 is 5.97 Å². The molecule has 208 valence electrons. The smallest absolute Gasteiger partial charge is 0.303 e. The van der Waals surface area contributed by atoms with Gasteiger partial charge in [-0.3, -0.25) is 4.79 Å². The van der Waals surface area contributed by atoms with Gasteiger partial charge in [-0.25, -0.2) is 9.98 Å². The molecule has 6 heterocycles. The van der Waals surface area contributed by atoms with Crippen LogP contribution in [-0.4, -0.2) is 31.6 Å². The van der Waals surface area contributed by atoms with Crippen molar-refractivity contribution in [1.29, 1.82) is 0 Å². The average molecular weight is 545 g/mol. The molecule has 41 heavy (non-hydrogen) atoms. The lowest BCUT2D eigenvalue weighted by Gasteiger charge is -2.16. The van der Waals surface area contributed by atoms with E-state index in [1.165, 1.54) is 11.1 Å². The average Bonchev–Trinajstić information content (AvgIpc) is 3.56. The van der Waals surface area contributed by atoms with Gasteiger partial charge in [0.25, 0.3) is 0 Å². The lowest BCUT2D eigenvalue weighted by molar-refractivity contribution is -0.136. The van der Waals surface area contributed by atoms with Crippen LogP contribution >= 0.6 is 0 Å². The molecule has 0 radical (unpaired) electrons. The van der Waals surface area contributed by atoms with Crippen molar-refractivity contribution >= 4 is 47.8 Å². The van der Waals surface area contributed by atoms with Gasteiger partial charge in [-0.1, -0.05) is 38.7 Å². The fourth-order valence-electron chi connectivity index (χ4n) is 6.68. The van der Waals surface area contributed by atoms with Crippen molar-refractivity contribution in [3.63, 3.8) is 0 Å². The number of aliphatic carboxylic acids is 1. The van der Waals surface area contributed by atoms with Gasteiger partial charge in [-0.2, -0.15) is 0 Å². The van der Waals surface area contributed by atoms with E-state index >= 15 is 0 Å². The molecule has 4 aliphatic rings. The lowest BCUT2D eigenvalue weighted by Crippen LogP contribution is -2.33. The summed E-state index contributed by atoms with van der Waals surface area (Å²) < 4.78 is 4.66. The SMILES string of the molecule is C=CC1=C(C)C2=Cc3c(C=C)c(C)c4n3Cn3c(c(C)c(CCC(=O)O)c3=CC3=NC(=C4)C(C)=C3CCC)=CC1=N2. The quantitative estimate of drug-likeness (QED) is 0.474. The van der Waals surface area contributed by atoms with Crippen LogP contribution in [0.5, 0.6) is 0 Å². The standard InChI is InChI=1S/C35H36N4O2/c1-8-11-25-20(5)27-14-31-21(6)24(10-3)33-15-28-19(4)23(9-2)29(36-28)16-32-22(7)26(12-13-35(40)41)34(17-30(25)37-27)39(32)18-38(31)33/h9-10,14-17H,2-3,8,11-13,18H2,1,4-7H3,(H,40,41). The van der Waals surface area contributed by atoms with E-state index in [2.05, 4.69) is 81.2 Å². The summed E-state index contributed by atoms with van der Waals surface area (Å²) in [7, 11) is 0. The molecule has 0 saturated carbocycles. The summed E-state index contributed by atoms with van der Waals surface area (Å²) in [5.41, 5.74) is 14.7. The Bertz CT molecular complexity index is 1910. The zero-order valence-corrected chi connectivity index (χ0v) is 24.6. The van der Waals surface area contributed by atoms with Gasteiger partial charge in [0.1, 0.15) is 6.67 Å². The third kappa shape index (κ3) is 4.04. The molecule has 0 aliphatic carbocycles. The highest BCUT2D eigenvalue weighted by Gasteiger charge is 2.27. The predicted molar refractivity (Wildman–Crippen MR) is 169 cm³/mol. The van der Waals surface area contributed by atoms with Crippen LogP contribution in [0.3, 0.4) is 0 Å². The molecule has 1 N–H and O–H groups in total. The van der Waals surface area contributed by atoms with Crippen molar-refractivity contribution in [2.45, 2.75) is 67.0 Å². The van der Waals surface area contributed by atoms with Crippen molar-refractivity contribution in [2.24, 2.45) is 9.98 Å². The molecule has 0 fully saturated rings. The van der Waals surface area contributed by atoms with Crippen LogP contribution in [0.15, 0.2) is 62.9 Å². The second kappa shape index (κ2) is 9.88. The third-order valence-corrected chi connectivity index (χ3v) is 8.94. The zero-order valence-electron chi connectivity index (χ0n) is 24.6. The molecule has 2 aromatic rings. The van der Waals surface area contributed by atoms with Crippen LogP contribution in [-0.2, 0) is 17.9 Å². The van der Waals surface area contributed by atoms with E-state index in [-0.39, 0.29) is 6.42 Å². The van der Waals surface area contributed by atoms with Gasteiger partial charge < -0.3 is 14.2 Å². The van der Waals surface area contributed by atoms with Gasteiger partial charge in [0, 0.05) is 33.9 Å². The second-order valence-corrected chi connectivity index (χ2v) is 11.2. The van der Waals surface area contributed by atoms with Crippen molar-refractivity contribution in [2.75, 3.05) is 0 Å². The Hall–Kier alpha value is -4.45. The van der Waals surface area contributed by atoms with Crippen LogP contribution in [0.2, 0.25) is 0 Å². The fourth-order valence-corrected chi connectivity index (χ4v) is 6.68. The first-order chi connectivity index (χ1) is 19.7. The Balaban J connectivity index is 1.83. The van der Waals surface area contributed by atoms with E-state index in [0.29, 0.717) is 13.1 Å². The summed E-state index contributed by atoms with van der Waals surface area (Å²) >= 11 is 0. The van der Waals surface area contributed by atoms with Crippen molar-refractivity contribution in [1.82, 2.24) is 9.13 Å². The van der Waals surface area contributed by atoms with Crippen molar-refractivity contribution < 1.29 is 9.90 Å². The van der Waals surface area contributed by atoms with E-state index in [9.17, 15) is 9.90 Å². The molecular formula is C35H36N4O2. The normalized spacial score (nSPS) is 16.9. The highest BCUT2D eigenvalue weighted by Crippen LogP contribution is 2.36. The maximum Gasteiger partial charge on any atom is 0.303 e. The van der Waals surface area contributed by atoms with E-state index < -0.39 is 5.97 Å². The highest BCUT2D eigenvalue weighted by atomic mass is 16.4. The van der Waals surface area contributed by atoms with Gasteiger partial charge in [-0.05, 0) is 98.3 Å². The van der Waals surface area contributed by atoms with Gasteiger partial charge in [-0.15, -0.1) is 0 Å². The van der Waals surface area contributed by atoms with E-state index in [0.717, 1.165) is 91.1 Å². The Labute approximate surface area is 240 Å². The molecule has 0 unspecified atom stereocenters. The van der Waals surface area contributed by atoms with Crippen LogP contribution in [0.25, 0.3) is 30.4 Å². The molecule has 4 aliphatic heterocycles. The molecule has 0 aromatic carbocycles. The number of aromatic nitrogens is 2. The van der Waals surface area contributed by atoms with Crippen molar-refractivity contribution in [3.05, 3.63) is 97.3 Å². The maximum absolute atomic E-state index is 11.8. The Morgan fingerprint density at radius 1 is 0.878 bits per heavy atom. The van der Waals surface area contributed by atoms with Crippen LogP contribution in [0, 0.1) is 13.8 Å². The van der Waals surface area contributed by atoms with E-state index in [4.69, 9.17) is 9.98 Å². The number of hydrogen-bond donors (Lipinski definition) is 1. The molecular weight excluding hydrogens is 508 g/mol. The molecule has 0 saturated heterocycles. The third-order valence-electron chi connectivity index (χ3n) is 8.94. The number of hydrogen-bond acceptors (Lipinski definition) is 3. The van der Waals surface area contributed by atoms with Gasteiger partial charge in [0.15, 0.2) is 0 Å². The molecule has 2 aromatic heterocycles. The molecule has 0 spiro atoms. The number of carboxylic acids is 1. The molecule has 6 bridgehead atoms. The maximum atomic E-state index is 11.8. The monoisotopic (exact) mass is 544 g/mol. The minimum atomic E-state index is -0.804. The van der Waals surface area contributed by atoms with E-state index in [1.54, 1.807) is 0 Å². The van der Waals surface area contributed by atoms with Crippen molar-refractivity contribution in [3.8, 4) is 0 Å². The fraction of sp³-hybridized carbons (Fsp3) is 0.286. The Kier molecular flexibility index (Phi) is 6.45. The Morgan fingerprint density at radius 2 is 1.56 bits per heavy atom. The highest BCUT2D eigenvalue weighted by molar-refractivity contribution is 6.25. The predicted octanol–water partition coefficient (Wildman–Crippen LogP) is 5.87. The molecule has 6 rings (SSSR count). The van der Waals surface area contributed by atoms with E-state index in [1.807, 2.05) is 12.2 Å². The minimum Gasteiger partial charge on any atom is -0.481 e. The largest absolute Gasteiger partial charge is 0.481 e. The molecule has 0 amide bonds. The number of allylic oxidation sites excluding steroid dienone is 5. The zero-order chi connectivity index (χ0) is 29.2.